The molecule has 0 saturated heterocycles. The van der Waals surface area contributed by atoms with Gasteiger partial charge in [-0.15, -0.1) is 0 Å². The van der Waals surface area contributed by atoms with Crippen LogP contribution in [-0.4, -0.2) is 19.5 Å². The molecular weight excluding hydrogens is 685 g/mol. The van der Waals surface area contributed by atoms with Gasteiger partial charge in [-0.2, -0.15) is 0 Å². The number of furan rings is 1. The first-order chi connectivity index (χ1) is 27.7. The zero-order valence-electron chi connectivity index (χ0n) is 30.2. The topological polar surface area (TPSA) is 56.7 Å². The third kappa shape index (κ3) is 5.45. The van der Waals surface area contributed by atoms with Crippen molar-refractivity contribution in [2.75, 3.05) is 0 Å². The van der Waals surface area contributed by atoms with Crippen LogP contribution < -0.4 is 0 Å². The van der Waals surface area contributed by atoms with Crippen LogP contribution in [0.4, 0.5) is 0 Å². The van der Waals surface area contributed by atoms with Crippen molar-refractivity contribution >= 4 is 43.7 Å². The Hall–Kier alpha value is -7.63. The minimum Gasteiger partial charge on any atom is -0.456 e. The van der Waals surface area contributed by atoms with Gasteiger partial charge in [-0.25, -0.2) is 15.0 Å². The molecule has 5 heteroatoms. The van der Waals surface area contributed by atoms with Crippen molar-refractivity contribution in [1.82, 2.24) is 19.5 Å². The number of nitrogens with zero attached hydrogens (tertiary/aromatic N) is 4. The molecule has 3 aromatic heterocycles. The summed E-state index contributed by atoms with van der Waals surface area (Å²) < 4.78 is 9.05. The van der Waals surface area contributed by atoms with Crippen LogP contribution in [0.1, 0.15) is 0 Å². The van der Waals surface area contributed by atoms with Crippen molar-refractivity contribution in [2.45, 2.75) is 0 Å². The van der Waals surface area contributed by atoms with Crippen molar-refractivity contribution in [3.8, 4) is 62.1 Å². The second kappa shape index (κ2) is 13.0. The predicted molar refractivity (Wildman–Crippen MR) is 229 cm³/mol. The second-order valence-electron chi connectivity index (χ2n) is 14.1. The van der Waals surface area contributed by atoms with Gasteiger partial charge in [-0.3, -0.25) is 0 Å². The molecule has 0 spiro atoms. The average molecular weight is 717 g/mol. The SMILES string of the molecule is c1ccc(-c2cccc(-c3nc(-c4ccccc4)nc(-c4ccc5c(c4)oc4cc6c7ccccc7n(-c7cccc(-c8ccccc8)c7)c6cc45)n3)c2)cc1. The smallest absolute Gasteiger partial charge is 0.164 e. The van der Waals surface area contributed by atoms with E-state index in [0.717, 1.165) is 71.9 Å². The van der Waals surface area contributed by atoms with Gasteiger partial charge in [0.15, 0.2) is 17.5 Å². The van der Waals surface area contributed by atoms with E-state index in [2.05, 4.69) is 162 Å². The number of hydrogen-bond acceptors (Lipinski definition) is 4. The number of fused-ring (bicyclic) bond motifs is 6. The van der Waals surface area contributed by atoms with Gasteiger partial charge in [-0.05, 0) is 70.8 Å². The third-order valence-corrected chi connectivity index (χ3v) is 10.6. The van der Waals surface area contributed by atoms with E-state index in [-0.39, 0.29) is 0 Å². The summed E-state index contributed by atoms with van der Waals surface area (Å²) in [5, 5.41) is 4.41. The molecule has 11 rings (SSSR count). The largest absolute Gasteiger partial charge is 0.456 e. The van der Waals surface area contributed by atoms with Crippen LogP contribution in [0.2, 0.25) is 0 Å². The van der Waals surface area contributed by atoms with Gasteiger partial charge >= 0.3 is 0 Å². The van der Waals surface area contributed by atoms with Crippen LogP contribution in [0.25, 0.3) is 106 Å². The van der Waals surface area contributed by atoms with E-state index < -0.39 is 0 Å². The summed E-state index contributed by atoms with van der Waals surface area (Å²) in [5.74, 6) is 1.82. The number of para-hydroxylation sites is 1. The molecule has 262 valence electrons. The Kier molecular flexibility index (Phi) is 7.42. The standard InChI is InChI=1S/C51H32N4O/c1-4-14-33(15-5-1)36-20-12-22-38(28-36)50-52-49(35-18-8-3-9-19-35)53-51(54-50)39-26-27-42-44-31-46-43(32-48(44)56-47(42)30-39)41-24-10-11-25-45(41)55(46)40-23-13-21-37(29-40)34-16-6-2-7-17-34/h1-32H. The van der Waals surface area contributed by atoms with Crippen LogP contribution in [0, 0.1) is 0 Å². The Morgan fingerprint density at radius 3 is 1.55 bits per heavy atom. The van der Waals surface area contributed by atoms with Gasteiger partial charge in [0.25, 0.3) is 0 Å². The van der Waals surface area contributed by atoms with Crippen molar-refractivity contribution in [2.24, 2.45) is 0 Å². The molecule has 0 aliphatic carbocycles. The highest BCUT2D eigenvalue weighted by Crippen LogP contribution is 2.40. The van der Waals surface area contributed by atoms with Crippen molar-refractivity contribution in [3.63, 3.8) is 0 Å². The summed E-state index contributed by atoms with van der Waals surface area (Å²) in [6, 6.07) is 67.5. The van der Waals surface area contributed by atoms with E-state index in [1.54, 1.807) is 0 Å². The normalized spacial score (nSPS) is 11.6. The summed E-state index contributed by atoms with van der Waals surface area (Å²) in [6.45, 7) is 0. The van der Waals surface area contributed by atoms with Crippen LogP contribution in [0.15, 0.2) is 199 Å². The Bertz CT molecular complexity index is 3240. The molecule has 0 N–H and O–H groups in total. The Balaban J connectivity index is 1.06. The molecule has 0 saturated carbocycles. The highest BCUT2D eigenvalue weighted by molar-refractivity contribution is 6.17. The molecule has 56 heavy (non-hydrogen) atoms. The second-order valence-corrected chi connectivity index (χ2v) is 14.1. The summed E-state index contributed by atoms with van der Waals surface area (Å²) in [5.41, 5.74) is 12.3. The Morgan fingerprint density at radius 2 is 0.839 bits per heavy atom. The van der Waals surface area contributed by atoms with Gasteiger partial charge in [0, 0.05) is 43.9 Å². The maximum absolute atomic E-state index is 6.68. The molecule has 0 aliphatic rings. The minimum atomic E-state index is 0.585. The predicted octanol–water partition coefficient (Wildman–Crippen LogP) is 13.2. The van der Waals surface area contributed by atoms with E-state index in [0.29, 0.717) is 17.5 Å². The first kappa shape index (κ1) is 31.9. The molecule has 0 unspecified atom stereocenters. The summed E-state index contributed by atoms with van der Waals surface area (Å²) in [7, 11) is 0. The van der Waals surface area contributed by atoms with Crippen LogP contribution in [-0.2, 0) is 0 Å². The highest BCUT2D eigenvalue weighted by Gasteiger charge is 2.19. The molecule has 0 aliphatic heterocycles. The van der Waals surface area contributed by atoms with E-state index in [1.807, 2.05) is 36.4 Å². The Labute approximate surface area is 322 Å². The van der Waals surface area contributed by atoms with E-state index in [9.17, 15) is 0 Å². The lowest BCUT2D eigenvalue weighted by Gasteiger charge is -2.10. The molecule has 5 nitrogen and oxygen atoms in total. The summed E-state index contributed by atoms with van der Waals surface area (Å²) >= 11 is 0. The van der Waals surface area contributed by atoms with Crippen molar-refractivity contribution < 1.29 is 4.42 Å². The lowest BCUT2D eigenvalue weighted by molar-refractivity contribution is 0.669. The van der Waals surface area contributed by atoms with Crippen molar-refractivity contribution in [3.05, 3.63) is 194 Å². The fourth-order valence-electron chi connectivity index (χ4n) is 7.93. The van der Waals surface area contributed by atoms with Gasteiger partial charge in [-0.1, -0.05) is 146 Å². The zero-order valence-corrected chi connectivity index (χ0v) is 30.2. The van der Waals surface area contributed by atoms with E-state index >= 15 is 0 Å². The fourth-order valence-corrected chi connectivity index (χ4v) is 7.93. The number of hydrogen-bond donors (Lipinski definition) is 0. The van der Waals surface area contributed by atoms with Crippen molar-refractivity contribution in [1.29, 1.82) is 0 Å². The highest BCUT2D eigenvalue weighted by atomic mass is 16.3. The molecular formula is C51H32N4O. The molecule has 0 amide bonds. The molecule has 11 aromatic rings. The monoisotopic (exact) mass is 716 g/mol. The fraction of sp³-hybridized carbons (Fsp3) is 0. The van der Waals surface area contributed by atoms with Crippen LogP contribution >= 0.6 is 0 Å². The first-order valence-corrected chi connectivity index (χ1v) is 18.8. The molecule has 8 aromatic carbocycles. The zero-order chi connectivity index (χ0) is 37.0. The van der Waals surface area contributed by atoms with E-state index in [1.165, 1.54) is 16.5 Å². The van der Waals surface area contributed by atoms with Gasteiger partial charge < -0.3 is 8.98 Å². The molecule has 0 atom stereocenters. The summed E-state index contributed by atoms with van der Waals surface area (Å²) in [6.07, 6.45) is 0. The Morgan fingerprint density at radius 1 is 0.304 bits per heavy atom. The lowest BCUT2D eigenvalue weighted by atomic mass is 10.0. The van der Waals surface area contributed by atoms with Gasteiger partial charge in [0.2, 0.25) is 0 Å². The number of aromatic nitrogens is 4. The maximum Gasteiger partial charge on any atom is 0.164 e. The van der Waals surface area contributed by atoms with Crippen LogP contribution in [0.5, 0.6) is 0 Å². The molecule has 0 radical (unpaired) electrons. The van der Waals surface area contributed by atoms with Gasteiger partial charge in [0.05, 0.1) is 11.0 Å². The van der Waals surface area contributed by atoms with Gasteiger partial charge in [0.1, 0.15) is 11.2 Å². The quantitative estimate of drug-likeness (QED) is 0.172. The van der Waals surface area contributed by atoms with E-state index in [4.69, 9.17) is 19.4 Å². The first-order valence-electron chi connectivity index (χ1n) is 18.8. The molecule has 3 heterocycles. The number of benzene rings is 8. The molecule has 0 bridgehead atoms. The molecule has 0 fully saturated rings. The maximum atomic E-state index is 6.68. The number of rotatable bonds is 6. The lowest BCUT2D eigenvalue weighted by Crippen LogP contribution is -2.00. The van der Waals surface area contributed by atoms with Crippen LogP contribution in [0.3, 0.4) is 0 Å². The average Bonchev–Trinajstić information content (AvgIpc) is 3.80. The summed E-state index contributed by atoms with van der Waals surface area (Å²) in [4.78, 5) is 15.1. The third-order valence-electron chi connectivity index (χ3n) is 10.6. The minimum absolute atomic E-state index is 0.585.